The fraction of sp³-hybridized carbons (Fsp3) is 0.692. The molecule has 0 bridgehead atoms. The van der Waals surface area contributed by atoms with Gasteiger partial charge >= 0.3 is 12.2 Å². The monoisotopic (exact) mass is 349 g/mol. The third kappa shape index (κ3) is 6.57. The van der Waals surface area contributed by atoms with Gasteiger partial charge in [0.15, 0.2) is 0 Å². The molecule has 0 N–H and O–H groups in total. The van der Waals surface area contributed by atoms with Gasteiger partial charge in [0, 0.05) is 0 Å². The van der Waals surface area contributed by atoms with Crippen LogP contribution >= 0.6 is 22.9 Å². The smallest absolute Gasteiger partial charge is 0.420 e. The van der Waals surface area contributed by atoms with Gasteiger partial charge in [-0.1, -0.05) is 11.3 Å². The van der Waals surface area contributed by atoms with Crippen LogP contribution in [0.25, 0.3) is 0 Å². The molecular formula is C13H20ClN3O4S. The Morgan fingerprint density at radius 2 is 1.50 bits per heavy atom. The van der Waals surface area contributed by atoms with E-state index < -0.39 is 23.4 Å². The summed E-state index contributed by atoms with van der Waals surface area (Å²) in [5.41, 5.74) is -1.48. The second-order valence-electron chi connectivity index (χ2n) is 6.50. The maximum Gasteiger partial charge on any atom is 0.420 e. The number of nitrogens with zero attached hydrogens (tertiary/aromatic N) is 3. The van der Waals surface area contributed by atoms with Crippen molar-refractivity contribution in [2.45, 2.75) is 59.3 Å². The number of hydrogen-bond donors (Lipinski definition) is 0. The number of carbonyl (C=O) groups excluding carboxylic acids is 2. The molecule has 9 heteroatoms. The molecule has 1 heterocycles. The maximum absolute atomic E-state index is 12.2. The number of ether oxygens (including phenoxy) is 2. The molecule has 22 heavy (non-hydrogen) atoms. The van der Waals surface area contributed by atoms with Crippen molar-refractivity contribution in [2.75, 3.05) is 0 Å². The molecule has 0 aromatic carbocycles. The fourth-order valence-electron chi connectivity index (χ4n) is 1.27. The van der Waals surface area contributed by atoms with Crippen LogP contribution in [-0.4, -0.2) is 38.5 Å². The number of carbonyl (C=O) groups is 2. The number of amides is 2. The summed E-state index contributed by atoms with van der Waals surface area (Å²) in [5, 5.41) is 7.84. The van der Waals surface area contributed by atoms with Crippen LogP contribution < -0.4 is 0 Å². The van der Waals surface area contributed by atoms with E-state index in [0.717, 1.165) is 16.2 Å². The molecule has 0 atom stereocenters. The highest BCUT2D eigenvalue weighted by atomic mass is 35.5. The second kappa shape index (κ2) is 6.78. The van der Waals surface area contributed by atoms with E-state index in [1.807, 2.05) is 0 Å². The van der Waals surface area contributed by atoms with Crippen LogP contribution in [0.4, 0.5) is 9.59 Å². The molecule has 1 rings (SSSR count). The van der Waals surface area contributed by atoms with Gasteiger partial charge < -0.3 is 9.47 Å². The predicted octanol–water partition coefficient (Wildman–Crippen LogP) is 3.86. The first kappa shape index (κ1) is 18.6. The molecule has 124 valence electrons. The molecule has 0 saturated carbocycles. The lowest BCUT2D eigenvalue weighted by Gasteiger charge is -2.28. The van der Waals surface area contributed by atoms with Gasteiger partial charge in [0.2, 0.25) is 4.47 Å². The summed E-state index contributed by atoms with van der Waals surface area (Å²) >= 11 is 6.78. The molecule has 2 amide bonds. The Balaban J connectivity index is 2.93. The van der Waals surface area contributed by atoms with E-state index >= 15 is 0 Å². The summed E-state index contributed by atoms with van der Waals surface area (Å²) in [6.07, 6.45) is -1.62. The number of aromatic nitrogens is 2. The lowest BCUT2D eigenvalue weighted by atomic mass is 10.2. The molecule has 7 nitrogen and oxygen atoms in total. The first-order chi connectivity index (χ1) is 9.87. The van der Waals surface area contributed by atoms with Gasteiger partial charge in [0.1, 0.15) is 16.2 Å². The number of imide groups is 1. The minimum atomic E-state index is -0.812. The van der Waals surface area contributed by atoms with E-state index in [1.165, 1.54) is 0 Å². The summed E-state index contributed by atoms with van der Waals surface area (Å²) in [6.45, 7) is 10.1. The zero-order chi connectivity index (χ0) is 17.1. The standard InChI is InChI=1S/C13H20ClN3O4S/c1-12(2,3)20-10(18)17(11(19)21-13(4,5)6)7-8-15-16-9(14)22-8/h7H2,1-6H3. The van der Waals surface area contributed by atoms with Crippen LogP contribution in [0.1, 0.15) is 46.6 Å². The Kier molecular flexibility index (Phi) is 5.75. The molecule has 0 fully saturated rings. The Morgan fingerprint density at radius 3 is 1.82 bits per heavy atom. The molecule has 1 aromatic rings. The van der Waals surface area contributed by atoms with Crippen LogP contribution in [-0.2, 0) is 16.0 Å². The van der Waals surface area contributed by atoms with Crippen molar-refractivity contribution in [1.29, 1.82) is 0 Å². The van der Waals surface area contributed by atoms with Gasteiger partial charge in [0.25, 0.3) is 0 Å². The molecule has 0 saturated heterocycles. The zero-order valence-corrected chi connectivity index (χ0v) is 15.0. The molecule has 0 aliphatic heterocycles. The van der Waals surface area contributed by atoms with Crippen LogP contribution in [0, 0.1) is 0 Å². The predicted molar refractivity (Wildman–Crippen MR) is 82.9 cm³/mol. The van der Waals surface area contributed by atoms with Gasteiger partial charge in [-0.2, -0.15) is 0 Å². The van der Waals surface area contributed by atoms with Crippen LogP contribution in [0.2, 0.25) is 4.47 Å². The molecule has 0 radical (unpaired) electrons. The van der Waals surface area contributed by atoms with Crippen molar-refractivity contribution in [1.82, 2.24) is 15.1 Å². The van der Waals surface area contributed by atoms with Crippen molar-refractivity contribution in [3.8, 4) is 0 Å². The number of rotatable bonds is 2. The van der Waals surface area contributed by atoms with Crippen LogP contribution in [0.5, 0.6) is 0 Å². The molecule has 1 aromatic heterocycles. The Morgan fingerprint density at radius 1 is 1.05 bits per heavy atom. The quantitative estimate of drug-likeness (QED) is 0.806. The number of hydrogen-bond acceptors (Lipinski definition) is 7. The summed E-state index contributed by atoms with van der Waals surface area (Å²) in [4.78, 5) is 25.3. The third-order valence-electron chi connectivity index (χ3n) is 1.96. The maximum atomic E-state index is 12.2. The number of halogens is 1. The first-order valence-corrected chi connectivity index (χ1v) is 7.78. The lowest BCUT2D eigenvalue weighted by Crippen LogP contribution is -2.43. The van der Waals surface area contributed by atoms with Gasteiger partial charge in [-0.3, -0.25) is 0 Å². The van der Waals surface area contributed by atoms with Crippen molar-refractivity contribution in [3.63, 3.8) is 0 Å². The molecule has 0 unspecified atom stereocenters. The highest BCUT2D eigenvalue weighted by molar-refractivity contribution is 7.15. The average Bonchev–Trinajstić information content (AvgIpc) is 2.66. The van der Waals surface area contributed by atoms with Crippen molar-refractivity contribution < 1.29 is 19.1 Å². The normalized spacial score (nSPS) is 12.0. The first-order valence-electron chi connectivity index (χ1n) is 6.59. The van der Waals surface area contributed by atoms with Crippen molar-refractivity contribution >= 4 is 35.1 Å². The van der Waals surface area contributed by atoms with Crippen molar-refractivity contribution in [3.05, 3.63) is 9.47 Å². The summed E-state index contributed by atoms with van der Waals surface area (Å²) < 4.78 is 10.7. The largest absolute Gasteiger partial charge is 0.443 e. The van der Waals surface area contributed by atoms with E-state index in [4.69, 9.17) is 21.1 Å². The second-order valence-corrected chi connectivity index (χ2v) is 8.14. The van der Waals surface area contributed by atoms with E-state index in [0.29, 0.717) is 5.01 Å². The lowest BCUT2D eigenvalue weighted by molar-refractivity contribution is -0.000281. The minimum Gasteiger partial charge on any atom is -0.443 e. The van der Waals surface area contributed by atoms with Gasteiger partial charge in [-0.25, -0.2) is 14.5 Å². The highest BCUT2D eigenvalue weighted by Crippen LogP contribution is 2.20. The molecular weight excluding hydrogens is 330 g/mol. The van der Waals surface area contributed by atoms with E-state index in [9.17, 15) is 9.59 Å². The zero-order valence-electron chi connectivity index (χ0n) is 13.5. The van der Waals surface area contributed by atoms with Gasteiger partial charge in [-0.15, -0.1) is 10.2 Å². The van der Waals surface area contributed by atoms with Gasteiger partial charge in [-0.05, 0) is 53.1 Å². The van der Waals surface area contributed by atoms with Gasteiger partial charge in [0.05, 0.1) is 6.54 Å². The summed E-state index contributed by atoms with van der Waals surface area (Å²) in [7, 11) is 0. The van der Waals surface area contributed by atoms with E-state index in [2.05, 4.69) is 10.2 Å². The molecule has 0 aliphatic carbocycles. The SMILES string of the molecule is CC(C)(C)OC(=O)N(Cc1nnc(Cl)s1)C(=O)OC(C)(C)C. The van der Waals surface area contributed by atoms with Crippen LogP contribution in [0.3, 0.4) is 0 Å². The minimum absolute atomic E-state index is 0.117. The molecule has 0 aliphatic rings. The van der Waals surface area contributed by atoms with Crippen LogP contribution in [0.15, 0.2) is 0 Å². The van der Waals surface area contributed by atoms with Crippen molar-refractivity contribution in [2.24, 2.45) is 0 Å². The Hall–Kier alpha value is -1.41. The average molecular weight is 350 g/mol. The third-order valence-corrected chi connectivity index (χ3v) is 2.97. The highest BCUT2D eigenvalue weighted by Gasteiger charge is 2.32. The fourth-order valence-corrected chi connectivity index (χ4v) is 2.13. The van der Waals surface area contributed by atoms with E-state index in [1.54, 1.807) is 41.5 Å². The topological polar surface area (TPSA) is 81.6 Å². The molecule has 0 spiro atoms. The summed E-state index contributed by atoms with van der Waals surface area (Å²) in [5.74, 6) is 0. The van der Waals surface area contributed by atoms with E-state index in [-0.39, 0.29) is 11.0 Å². The Labute approximate surface area is 138 Å². The summed E-state index contributed by atoms with van der Waals surface area (Å²) in [6, 6.07) is 0. The Bertz CT molecular complexity index is 520.